The summed E-state index contributed by atoms with van der Waals surface area (Å²) in [6.07, 6.45) is 5.29. The topological polar surface area (TPSA) is 76.9 Å². The van der Waals surface area contributed by atoms with E-state index in [1.54, 1.807) is 42.4 Å². The molecule has 3 rings (SSSR count). The maximum Gasteiger partial charge on any atom is 0.267 e. The number of carbonyl (C=O) groups is 1. The van der Waals surface area contributed by atoms with Gasteiger partial charge in [-0.15, -0.1) is 11.8 Å². The van der Waals surface area contributed by atoms with Gasteiger partial charge in [0.1, 0.15) is 6.54 Å². The van der Waals surface area contributed by atoms with Crippen molar-refractivity contribution in [1.82, 2.24) is 14.8 Å². The number of aromatic nitrogens is 3. The Labute approximate surface area is 148 Å². The van der Waals surface area contributed by atoms with Gasteiger partial charge in [-0.05, 0) is 42.7 Å². The number of nitrogens with zero attached hydrogens (tertiary/aromatic N) is 3. The lowest BCUT2D eigenvalue weighted by Gasteiger charge is -2.09. The van der Waals surface area contributed by atoms with Crippen LogP contribution < -0.4 is 10.9 Å². The van der Waals surface area contributed by atoms with Crippen molar-refractivity contribution in [3.63, 3.8) is 0 Å². The van der Waals surface area contributed by atoms with E-state index in [0.717, 1.165) is 15.1 Å². The minimum absolute atomic E-state index is 0.156. The molecule has 0 atom stereocenters. The summed E-state index contributed by atoms with van der Waals surface area (Å²) in [5, 5.41) is 7.04. The minimum Gasteiger partial charge on any atom is -0.324 e. The van der Waals surface area contributed by atoms with E-state index in [2.05, 4.69) is 15.4 Å². The normalized spacial score (nSPS) is 10.4. The molecule has 0 radical (unpaired) electrons. The molecular weight excluding hydrogens is 336 g/mol. The van der Waals surface area contributed by atoms with Crippen LogP contribution in [0.25, 0.3) is 11.3 Å². The van der Waals surface area contributed by atoms with E-state index < -0.39 is 0 Å². The standard InChI is InChI=1S/C18H16N4O2S/c1-25-15-6-2-5-14(10-15)20-17(23)12-22-18(24)8-7-16(21-22)13-4-3-9-19-11-13/h2-11H,12H2,1H3,(H,20,23). The monoisotopic (exact) mass is 352 g/mol. The molecule has 0 saturated carbocycles. The summed E-state index contributed by atoms with van der Waals surface area (Å²) < 4.78 is 1.15. The zero-order valence-electron chi connectivity index (χ0n) is 13.5. The molecule has 0 bridgehead atoms. The lowest BCUT2D eigenvalue weighted by molar-refractivity contribution is -0.117. The largest absolute Gasteiger partial charge is 0.324 e. The van der Waals surface area contributed by atoms with Crippen molar-refractivity contribution in [3.05, 3.63) is 71.3 Å². The van der Waals surface area contributed by atoms with Gasteiger partial charge >= 0.3 is 0 Å². The van der Waals surface area contributed by atoms with Crippen molar-refractivity contribution in [3.8, 4) is 11.3 Å². The van der Waals surface area contributed by atoms with Crippen LogP contribution in [0.1, 0.15) is 0 Å². The van der Waals surface area contributed by atoms with Crippen molar-refractivity contribution >= 4 is 23.4 Å². The molecule has 0 fully saturated rings. The van der Waals surface area contributed by atoms with Crippen LogP contribution in [0.15, 0.2) is 70.6 Å². The van der Waals surface area contributed by atoms with Crippen LogP contribution in [-0.4, -0.2) is 26.9 Å². The zero-order chi connectivity index (χ0) is 17.6. The van der Waals surface area contributed by atoms with Gasteiger partial charge in [0, 0.05) is 34.6 Å². The highest BCUT2D eigenvalue weighted by atomic mass is 32.2. The summed E-state index contributed by atoms with van der Waals surface area (Å²) in [5.74, 6) is -0.309. The zero-order valence-corrected chi connectivity index (χ0v) is 14.4. The molecule has 25 heavy (non-hydrogen) atoms. The highest BCUT2D eigenvalue weighted by Crippen LogP contribution is 2.19. The summed E-state index contributed by atoms with van der Waals surface area (Å²) >= 11 is 1.59. The van der Waals surface area contributed by atoms with Crippen LogP contribution in [0.2, 0.25) is 0 Å². The van der Waals surface area contributed by atoms with Gasteiger partial charge in [-0.3, -0.25) is 14.6 Å². The Morgan fingerprint density at radius 2 is 2.08 bits per heavy atom. The lowest BCUT2D eigenvalue weighted by atomic mass is 10.2. The average Bonchev–Trinajstić information content (AvgIpc) is 2.64. The molecule has 0 aliphatic rings. The van der Waals surface area contributed by atoms with Gasteiger partial charge in [-0.2, -0.15) is 5.10 Å². The first-order valence-corrected chi connectivity index (χ1v) is 8.80. The molecule has 0 saturated heterocycles. The van der Waals surface area contributed by atoms with Crippen molar-refractivity contribution in [2.24, 2.45) is 0 Å². The number of nitrogens with one attached hydrogen (secondary N) is 1. The number of amides is 1. The van der Waals surface area contributed by atoms with Crippen molar-refractivity contribution in [1.29, 1.82) is 0 Å². The number of thioether (sulfide) groups is 1. The molecule has 1 amide bonds. The van der Waals surface area contributed by atoms with Gasteiger partial charge in [-0.1, -0.05) is 6.07 Å². The van der Waals surface area contributed by atoms with E-state index in [0.29, 0.717) is 11.4 Å². The third kappa shape index (κ3) is 4.33. The van der Waals surface area contributed by atoms with Crippen LogP contribution >= 0.6 is 11.8 Å². The second kappa shape index (κ2) is 7.76. The second-order valence-electron chi connectivity index (χ2n) is 5.24. The average molecular weight is 352 g/mol. The SMILES string of the molecule is CSc1cccc(NC(=O)Cn2nc(-c3cccnc3)ccc2=O)c1. The summed E-state index contributed by atoms with van der Waals surface area (Å²) in [4.78, 5) is 29.3. The molecule has 3 aromatic rings. The van der Waals surface area contributed by atoms with Gasteiger partial charge in [0.2, 0.25) is 5.91 Å². The third-order valence-electron chi connectivity index (χ3n) is 3.47. The summed E-state index contributed by atoms with van der Waals surface area (Å²) in [6.45, 7) is -0.156. The summed E-state index contributed by atoms with van der Waals surface area (Å²) in [7, 11) is 0. The molecule has 0 aliphatic heterocycles. The maximum absolute atomic E-state index is 12.3. The lowest BCUT2D eigenvalue weighted by Crippen LogP contribution is -2.29. The van der Waals surface area contributed by atoms with E-state index in [-0.39, 0.29) is 18.0 Å². The Morgan fingerprint density at radius 1 is 1.20 bits per heavy atom. The highest BCUT2D eigenvalue weighted by molar-refractivity contribution is 7.98. The number of hydrogen-bond acceptors (Lipinski definition) is 5. The number of benzene rings is 1. The summed E-state index contributed by atoms with van der Waals surface area (Å²) in [6, 6.07) is 14.2. The van der Waals surface area contributed by atoms with Crippen LogP contribution in [0.4, 0.5) is 5.69 Å². The predicted octanol–water partition coefficient (Wildman–Crippen LogP) is 2.67. The first-order chi connectivity index (χ1) is 12.2. The number of rotatable bonds is 5. The molecule has 0 aliphatic carbocycles. The van der Waals surface area contributed by atoms with Crippen molar-refractivity contribution in [2.45, 2.75) is 11.4 Å². The molecule has 0 spiro atoms. The van der Waals surface area contributed by atoms with Crippen molar-refractivity contribution < 1.29 is 4.79 Å². The van der Waals surface area contributed by atoms with Gasteiger partial charge < -0.3 is 5.32 Å². The number of pyridine rings is 1. The van der Waals surface area contributed by atoms with Gasteiger partial charge in [0.25, 0.3) is 5.56 Å². The van der Waals surface area contributed by atoms with Crippen molar-refractivity contribution in [2.75, 3.05) is 11.6 Å². The van der Waals surface area contributed by atoms with Crippen LogP contribution in [0.5, 0.6) is 0 Å². The van der Waals surface area contributed by atoms with E-state index in [1.807, 2.05) is 30.5 Å². The van der Waals surface area contributed by atoms with E-state index >= 15 is 0 Å². The Morgan fingerprint density at radius 3 is 2.84 bits per heavy atom. The number of carbonyl (C=O) groups excluding carboxylic acids is 1. The molecule has 2 aromatic heterocycles. The van der Waals surface area contributed by atoms with Gasteiger partial charge in [0.15, 0.2) is 0 Å². The molecule has 126 valence electrons. The molecular formula is C18H16N4O2S. The minimum atomic E-state index is -0.333. The number of hydrogen-bond donors (Lipinski definition) is 1. The molecule has 0 unspecified atom stereocenters. The first-order valence-electron chi connectivity index (χ1n) is 7.58. The van der Waals surface area contributed by atoms with Gasteiger partial charge in [-0.25, -0.2) is 4.68 Å². The fourth-order valence-electron chi connectivity index (χ4n) is 2.27. The number of anilines is 1. The van der Waals surface area contributed by atoms with E-state index in [1.165, 1.54) is 6.07 Å². The predicted molar refractivity (Wildman–Crippen MR) is 98.6 cm³/mol. The highest BCUT2D eigenvalue weighted by Gasteiger charge is 2.09. The molecule has 1 aromatic carbocycles. The Hall–Kier alpha value is -2.93. The van der Waals surface area contributed by atoms with Crippen LogP contribution in [0.3, 0.4) is 0 Å². The molecule has 2 heterocycles. The van der Waals surface area contributed by atoms with E-state index in [9.17, 15) is 9.59 Å². The molecule has 1 N–H and O–H groups in total. The maximum atomic E-state index is 12.3. The molecule has 6 nitrogen and oxygen atoms in total. The van der Waals surface area contributed by atoms with Gasteiger partial charge in [0.05, 0.1) is 5.69 Å². The Balaban J connectivity index is 1.78. The Kier molecular flexibility index (Phi) is 5.25. The molecule has 7 heteroatoms. The third-order valence-corrected chi connectivity index (χ3v) is 4.20. The summed E-state index contributed by atoms with van der Waals surface area (Å²) in [5.41, 5.74) is 1.73. The van der Waals surface area contributed by atoms with E-state index in [4.69, 9.17) is 0 Å². The Bertz CT molecular complexity index is 941. The smallest absolute Gasteiger partial charge is 0.267 e. The second-order valence-corrected chi connectivity index (χ2v) is 6.12. The van der Waals surface area contributed by atoms with Crippen LogP contribution in [0, 0.1) is 0 Å². The quantitative estimate of drug-likeness (QED) is 0.715. The fourth-order valence-corrected chi connectivity index (χ4v) is 2.73. The fraction of sp³-hybridized carbons (Fsp3) is 0.111. The van der Waals surface area contributed by atoms with Crippen LogP contribution in [-0.2, 0) is 11.3 Å². The first kappa shape index (κ1) is 16.9.